The summed E-state index contributed by atoms with van der Waals surface area (Å²) in [4.78, 5) is 13.2. The lowest BCUT2D eigenvalue weighted by atomic mass is 10.3. The van der Waals surface area contributed by atoms with Crippen LogP contribution in [0.15, 0.2) is 35.2 Å². The van der Waals surface area contributed by atoms with E-state index in [4.69, 9.17) is 0 Å². The molecular weight excluding hydrogens is 244 g/mol. The van der Waals surface area contributed by atoms with Crippen molar-refractivity contribution in [3.05, 3.63) is 30.3 Å². The maximum Gasteiger partial charge on any atom is 0.233 e. The van der Waals surface area contributed by atoms with Crippen LogP contribution < -0.4 is 10.6 Å². The van der Waals surface area contributed by atoms with Crippen LogP contribution in [0.2, 0.25) is 0 Å². The first kappa shape index (κ1) is 15.1. The zero-order valence-corrected chi connectivity index (χ0v) is 12.1. The van der Waals surface area contributed by atoms with Crippen LogP contribution in [-0.4, -0.2) is 30.8 Å². The average Bonchev–Trinajstić information content (AvgIpc) is 2.42. The maximum absolute atomic E-state index is 12.0. The highest BCUT2D eigenvalue weighted by Gasteiger charge is 2.17. The van der Waals surface area contributed by atoms with Crippen molar-refractivity contribution < 1.29 is 4.79 Å². The van der Waals surface area contributed by atoms with Crippen molar-refractivity contribution >= 4 is 17.7 Å². The summed E-state index contributed by atoms with van der Waals surface area (Å²) in [6.45, 7) is 4.76. The summed E-state index contributed by atoms with van der Waals surface area (Å²) in [6, 6.07) is 10.4. The molecular formula is C14H22N2OS. The van der Waals surface area contributed by atoms with Crippen LogP contribution >= 0.6 is 11.8 Å². The highest BCUT2D eigenvalue weighted by molar-refractivity contribution is 8.00. The molecule has 1 aromatic rings. The summed E-state index contributed by atoms with van der Waals surface area (Å²) in [6.07, 6.45) is 0.833. The predicted octanol–water partition coefficient (Wildman–Crippen LogP) is 2.28. The van der Waals surface area contributed by atoms with Crippen LogP contribution in [0.25, 0.3) is 0 Å². The van der Waals surface area contributed by atoms with Gasteiger partial charge in [0.1, 0.15) is 0 Å². The Labute approximate surface area is 114 Å². The Morgan fingerprint density at radius 1 is 1.33 bits per heavy atom. The first-order valence-corrected chi connectivity index (χ1v) is 7.22. The van der Waals surface area contributed by atoms with Gasteiger partial charge in [0.2, 0.25) is 5.91 Å². The van der Waals surface area contributed by atoms with Gasteiger partial charge in [0.15, 0.2) is 0 Å². The molecule has 2 atom stereocenters. The van der Waals surface area contributed by atoms with Crippen molar-refractivity contribution in [3.63, 3.8) is 0 Å². The van der Waals surface area contributed by atoms with E-state index in [2.05, 4.69) is 10.6 Å². The maximum atomic E-state index is 12.0. The molecule has 2 unspecified atom stereocenters. The van der Waals surface area contributed by atoms with Gasteiger partial charge in [-0.1, -0.05) is 25.1 Å². The molecule has 1 amide bonds. The molecule has 4 heteroatoms. The van der Waals surface area contributed by atoms with Gasteiger partial charge in [-0.2, -0.15) is 0 Å². The Hall–Kier alpha value is -1.00. The van der Waals surface area contributed by atoms with Gasteiger partial charge in [0.05, 0.1) is 5.25 Å². The lowest BCUT2D eigenvalue weighted by Crippen LogP contribution is -2.40. The molecule has 0 fully saturated rings. The number of rotatable bonds is 7. The van der Waals surface area contributed by atoms with Gasteiger partial charge in [-0.25, -0.2) is 0 Å². The number of nitrogens with one attached hydrogen (secondary N) is 2. The standard InChI is InChI=1S/C14H22N2OS/c1-4-13(14(17)16-10-11(2)15-3)18-12-8-6-5-7-9-12/h5-9,11,13,15H,4,10H2,1-3H3,(H,16,17). The van der Waals surface area contributed by atoms with Gasteiger partial charge in [-0.15, -0.1) is 11.8 Å². The number of likely N-dealkylation sites (N-methyl/N-ethyl adjacent to an activating group) is 1. The fourth-order valence-corrected chi connectivity index (χ4v) is 2.46. The van der Waals surface area contributed by atoms with E-state index in [-0.39, 0.29) is 11.2 Å². The Kier molecular flexibility index (Phi) is 6.83. The fourth-order valence-electron chi connectivity index (χ4n) is 1.46. The van der Waals surface area contributed by atoms with Crippen molar-refractivity contribution in [3.8, 4) is 0 Å². The highest BCUT2D eigenvalue weighted by Crippen LogP contribution is 2.24. The number of carbonyl (C=O) groups excluding carboxylic acids is 1. The molecule has 0 saturated carbocycles. The SMILES string of the molecule is CCC(Sc1ccccc1)C(=O)NCC(C)NC. The lowest BCUT2D eigenvalue weighted by Gasteiger charge is -2.17. The van der Waals surface area contributed by atoms with Crippen LogP contribution in [0.1, 0.15) is 20.3 Å². The third-order valence-electron chi connectivity index (χ3n) is 2.76. The molecule has 0 heterocycles. The van der Waals surface area contributed by atoms with E-state index in [0.717, 1.165) is 11.3 Å². The monoisotopic (exact) mass is 266 g/mol. The molecule has 0 aliphatic carbocycles. The summed E-state index contributed by atoms with van der Waals surface area (Å²) in [7, 11) is 1.90. The molecule has 1 rings (SSSR count). The number of hydrogen-bond acceptors (Lipinski definition) is 3. The highest BCUT2D eigenvalue weighted by atomic mass is 32.2. The average molecular weight is 266 g/mol. The number of benzene rings is 1. The summed E-state index contributed by atoms with van der Waals surface area (Å²) in [5.74, 6) is 0.119. The van der Waals surface area contributed by atoms with E-state index >= 15 is 0 Å². The number of carbonyl (C=O) groups is 1. The third kappa shape index (κ3) is 5.10. The van der Waals surface area contributed by atoms with Gasteiger partial charge in [-0.05, 0) is 32.5 Å². The molecule has 0 radical (unpaired) electrons. The Bertz CT molecular complexity index is 356. The normalized spacial score (nSPS) is 13.9. The third-order valence-corrected chi connectivity index (χ3v) is 4.14. The largest absolute Gasteiger partial charge is 0.354 e. The smallest absolute Gasteiger partial charge is 0.233 e. The second-order valence-corrected chi connectivity index (χ2v) is 5.54. The van der Waals surface area contributed by atoms with Crippen LogP contribution in [0.4, 0.5) is 0 Å². The summed E-state index contributed by atoms with van der Waals surface area (Å²) in [5, 5.41) is 6.07. The van der Waals surface area contributed by atoms with E-state index in [0.29, 0.717) is 12.6 Å². The van der Waals surface area contributed by atoms with Gasteiger partial charge in [0.25, 0.3) is 0 Å². The molecule has 0 aliphatic heterocycles. The topological polar surface area (TPSA) is 41.1 Å². The van der Waals surface area contributed by atoms with E-state index in [1.165, 1.54) is 0 Å². The Balaban J connectivity index is 2.48. The molecule has 18 heavy (non-hydrogen) atoms. The van der Waals surface area contributed by atoms with Gasteiger partial charge in [-0.3, -0.25) is 4.79 Å². The fraction of sp³-hybridized carbons (Fsp3) is 0.500. The van der Waals surface area contributed by atoms with Crippen LogP contribution in [0.3, 0.4) is 0 Å². The minimum atomic E-state index is -0.0172. The number of hydrogen-bond donors (Lipinski definition) is 2. The Morgan fingerprint density at radius 2 is 2.00 bits per heavy atom. The molecule has 0 bridgehead atoms. The quantitative estimate of drug-likeness (QED) is 0.744. The first-order valence-electron chi connectivity index (χ1n) is 6.34. The Morgan fingerprint density at radius 3 is 2.56 bits per heavy atom. The summed E-state index contributed by atoms with van der Waals surface area (Å²) < 4.78 is 0. The minimum absolute atomic E-state index is 0.0172. The molecule has 1 aromatic carbocycles. The first-order chi connectivity index (χ1) is 8.67. The van der Waals surface area contributed by atoms with Crippen molar-refractivity contribution in [2.45, 2.75) is 36.5 Å². The lowest BCUT2D eigenvalue weighted by molar-refractivity contribution is -0.120. The summed E-state index contributed by atoms with van der Waals surface area (Å²) in [5.41, 5.74) is 0. The van der Waals surface area contributed by atoms with Crippen LogP contribution in [-0.2, 0) is 4.79 Å². The summed E-state index contributed by atoms with van der Waals surface area (Å²) >= 11 is 1.62. The second kappa shape index (κ2) is 8.16. The van der Waals surface area contributed by atoms with E-state index in [1.807, 2.05) is 51.2 Å². The molecule has 100 valence electrons. The predicted molar refractivity (Wildman–Crippen MR) is 77.9 cm³/mol. The minimum Gasteiger partial charge on any atom is -0.354 e. The zero-order chi connectivity index (χ0) is 13.4. The second-order valence-electron chi connectivity index (χ2n) is 4.26. The van der Waals surface area contributed by atoms with Gasteiger partial charge >= 0.3 is 0 Å². The van der Waals surface area contributed by atoms with Crippen molar-refractivity contribution in [2.24, 2.45) is 0 Å². The molecule has 2 N–H and O–H groups in total. The van der Waals surface area contributed by atoms with E-state index in [1.54, 1.807) is 11.8 Å². The van der Waals surface area contributed by atoms with Crippen molar-refractivity contribution in [1.29, 1.82) is 0 Å². The van der Waals surface area contributed by atoms with Crippen molar-refractivity contribution in [2.75, 3.05) is 13.6 Å². The molecule has 0 aromatic heterocycles. The number of amides is 1. The van der Waals surface area contributed by atoms with Gasteiger partial charge in [0, 0.05) is 17.5 Å². The van der Waals surface area contributed by atoms with E-state index < -0.39 is 0 Å². The van der Waals surface area contributed by atoms with Crippen LogP contribution in [0, 0.1) is 0 Å². The molecule has 0 aliphatic rings. The zero-order valence-electron chi connectivity index (χ0n) is 11.3. The molecule has 0 spiro atoms. The van der Waals surface area contributed by atoms with Gasteiger partial charge < -0.3 is 10.6 Å². The van der Waals surface area contributed by atoms with Crippen molar-refractivity contribution in [1.82, 2.24) is 10.6 Å². The number of thioether (sulfide) groups is 1. The molecule has 0 saturated heterocycles. The van der Waals surface area contributed by atoms with E-state index in [9.17, 15) is 4.79 Å². The van der Waals surface area contributed by atoms with Crippen LogP contribution in [0.5, 0.6) is 0 Å². The molecule has 3 nitrogen and oxygen atoms in total.